The maximum absolute atomic E-state index is 13.2. The average molecular weight is 692 g/mol. The zero-order chi connectivity index (χ0) is 32.0. The van der Waals surface area contributed by atoms with Crippen molar-refractivity contribution in [1.29, 1.82) is 0 Å². The minimum absolute atomic E-state index is 0.0899. The Morgan fingerprint density at radius 3 is 2.09 bits per heavy atom. The Kier molecular flexibility index (Phi) is 12.6. The molecule has 248 valence electrons. The van der Waals surface area contributed by atoms with E-state index in [9.17, 15) is 9.59 Å². The number of fused-ring (bicyclic) bond motifs is 1. The van der Waals surface area contributed by atoms with Crippen LogP contribution in [0.3, 0.4) is 0 Å². The van der Waals surface area contributed by atoms with Crippen LogP contribution in [-0.2, 0) is 61.7 Å². The fraction of sp³-hybridized carbons (Fsp3) is 0.733. The molecule has 3 heterocycles. The molecule has 3 aliphatic heterocycles. The molecule has 13 nitrogen and oxygen atoms in total. The number of halogens is 1. The van der Waals surface area contributed by atoms with Gasteiger partial charge in [-0.25, -0.2) is 0 Å². The van der Waals surface area contributed by atoms with E-state index < -0.39 is 85.1 Å². The normalized spacial score (nSPS) is 35.9. The number of rotatable bonds is 11. The lowest BCUT2D eigenvalue weighted by Crippen LogP contribution is -2.65. The second-order valence-electron chi connectivity index (χ2n) is 11.6. The second kappa shape index (κ2) is 15.7. The fourth-order valence-electron chi connectivity index (χ4n) is 5.40. The third-order valence-electron chi connectivity index (χ3n) is 7.65. The van der Waals surface area contributed by atoms with Crippen LogP contribution < -0.4 is 0 Å². The summed E-state index contributed by atoms with van der Waals surface area (Å²) in [6.07, 6.45) is -9.02. The molecule has 0 spiro atoms. The Balaban J connectivity index is 1.62. The van der Waals surface area contributed by atoms with Gasteiger partial charge in [0, 0.05) is 34.0 Å². The van der Waals surface area contributed by atoms with E-state index in [1.165, 1.54) is 21.3 Å². The number of methoxy groups -OCH3 is 4. The standard InChI is InChI=1S/C30H43BrO13/c1-30(2,3)29(33)44-23-21-18(15-38-26(43-21)16-11-9-8-10-12-16)41-28(25(23)42-19(32)13-31)39-14-17-20(34-4)22(35-5)24(36-6)27(37-7)40-17/h8-12,17-18,20-28H,13-15H2,1-7H3/t17-,18-,20-,21-,22+,23+,24-,25+,26-,27+,28+/m1/s1. The number of hydrogen-bond donors (Lipinski definition) is 0. The molecule has 3 aliphatic rings. The Morgan fingerprint density at radius 2 is 1.50 bits per heavy atom. The van der Waals surface area contributed by atoms with Crippen LogP contribution in [0.1, 0.15) is 32.6 Å². The summed E-state index contributed by atoms with van der Waals surface area (Å²) < 4.78 is 65.3. The first-order chi connectivity index (χ1) is 21.1. The van der Waals surface area contributed by atoms with Crippen LogP contribution in [-0.4, -0.2) is 120 Å². The van der Waals surface area contributed by atoms with Crippen molar-refractivity contribution >= 4 is 27.9 Å². The van der Waals surface area contributed by atoms with Crippen LogP contribution in [0.2, 0.25) is 0 Å². The predicted molar refractivity (Wildman–Crippen MR) is 156 cm³/mol. The van der Waals surface area contributed by atoms with Crippen LogP contribution in [0.5, 0.6) is 0 Å². The number of carbonyl (C=O) groups excluding carboxylic acids is 2. The van der Waals surface area contributed by atoms with Gasteiger partial charge >= 0.3 is 11.9 Å². The largest absolute Gasteiger partial charge is 0.455 e. The highest BCUT2D eigenvalue weighted by atomic mass is 79.9. The van der Waals surface area contributed by atoms with Crippen LogP contribution >= 0.6 is 15.9 Å². The summed E-state index contributed by atoms with van der Waals surface area (Å²) in [5.74, 6) is -1.13. The van der Waals surface area contributed by atoms with E-state index in [4.69, 9.17) is 52.1 Å². The maximum atomic E-state index is 13.2. The lowest BCUT2D eigenvalue weighted by Gasteiger charge is -2.49. The smallest absolute Gasteiger partial charge is 0.317 e. The van der Waals surface area contributed by atoms with Gasteiger partial charge in [-0.1, -0.05) is 46.3 Å². The molecular weight excluding hydrogens is 648 g/mol. The first-order valence-electron chi connectivity index (χ1n) is 14.4. The predicted octanol–water partition coefficient (Wildman–Crippen LogP) is 2.52. The quantitative estimate of drug-likeness (QED) is 0.249. The van der Waals surface area contributed by atoms with Gasteiger partial charge in [0.2, 0.25) is 0 Å². The molecule has 44 heavy (non-hydrogen) atoms. The van der Waals surface area contributed by atoms with E-state index in [1.807, 2.05) is 30.3 Å². The van der Waals surface area contributed by atoms with Gasteiger partial charge in [0.05, 0.1) is 18.6 Å². The molecule has 0 N–H and O–H groups in total. The highest BCUT2D eigenvalue weighted by molar-refractivity contribution is 9.09. The van der Waals surface area contributed by atoms with Gasteiger partial charge in [-0.15, -0.1) is 0 Å². The van der Waals surface area contributed by atoms with Crippen LogP contribution in [0, 0.1) is 5.41 Å². The van der Waals surface area contributed by atoms with Crippen molar-refractivity contribution in [2.75, 3.05) is 47.0 Å². The van der Waals surface area contributed by atoms with Gasteiger partial charge in [-0.2, -0.15) is 0 Å². The molecule has 0 aliphatic carbocycles. The first-order valence-corrected chi connectivity index (χ1v) is 15.5. The van der Waals surface area contributed by atoms with Gasteiger partial charge < -0.3 is 52.1 Å². The van der Waals surface area contributed by atoms with Crippen LogP contribution in [0.25, 0.3) is 0 Å². The highest BCUT2D eigenvalue weighted by Crippen LogP contribution is 2.38. The van der Waals surface area contributed by atoms with Crippen molar-refractivity contribution in [2.45, 2.75) is 88.5 Å². The topological polar surface area (TPSA) is 136 Å². The molecule has 4 rings (SSSR count). The number of benzene rings is 1. The van der Waals surface area contributed by atoms with Gasteiger partial charge in [-0.05, 0) is 20.8 Å². The van der Waals surface area contributed by atoms with Crippen molar-refractivity contribution in [3.63, 3.8) is 0 Å². The summed E-state index contributed by atoms with van der Waals surface area (Å²) in [5, 5.41) is -0.109. The van der Waals surface area contributed by atoms with E-state index in [0.29, 0.717) is 0 Å². The van der Waals surface area contributed by atoms with E-state index in [-0.39, 0.29) is 18.5 Å². The maximum Gasteiger partial charge on any atom is 0.317 e. The molecule has 3 saturated heterocycles. The Morgan fingerprint density at radius 1 is 0.818 bits per heavy atom. The van der Waals surface area contributed by atoms with E-state index in [1.54, 1.807) is 27.9 Å². The minimum atomic E-state index is -1.20. The number of alkyl halides is 1. The molecule has 0 unspecified atom stereocenters. The molecule has 14 heteroatoms. The zero-order valence-electron chi connectivity index (χ0n) is 26.0. The minimum Gasteiger partial charge on any atom is -0.455 e. The third-order valence-corrected chi connectivity index (χ3v) is 8.11. The Hall–Kier alpha value is -1.72. The summed E-state index contributed by atoms with van der Waals surface area (Å²) in [4.78, 5) is 25.9. The van der Waals surface area contributed by atoms with E-state index in [0.717, 1.165) is 5.56 Å². The lowest BCUT2D eigenvalue weighted by molar-refractivity contribution is -0.370. The molecule has 1 aromatic carbocycles. The van der Waals surface area contributed by atoms with Gasteiger partial charge in [0.15, 0.2) is 31.1 Å². The average Bonchev–Trinajstić information content (AvgIpc) is 3.03. The third kappa shape index (κ3) is 7.97. The SMILES string of the molecule is CO[C@H]1O[C@H](CO[C@H]2O[C@@H]3CO[C@@H](c4ccccc4)O[C@H]3[C@H](OC(=O)C(C)(C)C)[C@@H]2OC(=O)CBr)[C@@H](OC)[C@H](OC)[C@H]1OC. The van der Waals surface area contributed by atoms with Crippen molar-refractivity contribution in [3.05, 3.63) is 35.9 Å². The molecule has 0 amide bonds. The summed E-state index contributed by atoms with van der Waals surface area (Å²) in [6, 6.07) is 9.34. The molecule has 3 fully saturated rings. The molecule has 0 aromatic heterocycles. The summed E-state index contributed by atoms with van der Waals surface area (Å²) >= 11 is 3.14. The number of hydrogen-bond acceptors (Lipinski definition) is 13. The van der Waals surface area contributed by atoms with Crippen LogP contribution in [0.4, 0.5) is 0 Å². The monoisotopic (exact) mass is 690 g/mol. The molecule has 0 saturated carbocycles. The Bertz CT molecular complexity index is 1070. The molecule has 0 radical (unpaired) electrons. The number of ether oxygens (including phenoxy) is 11. The molecule has 1 aromatic rings. The summed E-state index contributed by atoms with van der Waals surface area (Å²) in [5.41, 5.74) is -0.0869. The van der Waals surface area contributed by atoms with Gasteiger partial charge in [0.1, 0.15) is 42.0 Å². The fourth-order valence-corrected chi connectivity index (χ4v) is 5.53. The van der Waals surface area contributed by atoms with Crippen molar-refractivity contribution < 1.29 is 61.7 Å². The highest BCUT2D eigenvalue weighted by Gasteiger charge is 2.55. The number of esters is 2. The summed E-state index contributed by atoms with van der Waals surface area (Å²) in [7, 11) is 6.09. The number of carbonyl (C=O) groups is 2. The van der Waals surface area contributed by atoms with Gasteiger partial charge in [0.25, 0.3) is 0 Å². The molecule has 0 bridgehead atoms. The van der Waals surface area contributed by atoms with E-state index >= 15 is 0 Å². The summed E-state index contributed by atoms with van der Waals surface area (Å²) in [6.45, 7) is 5.20. The zero-order valence-corrected chi connectivity index (χ0v) is 27.6. The lowest BCUT2D eigenvalue weighted by atomic mass is 9.94. The Labute approximate surface area is 266 Å². The van der Waals surface area contributed by atoms with Crippen molar-refractivity contribution in [1.82, 2.24) is 0 Å². The van der Waals surface area contributed by atoms with Gasteiger partial charge in [-0.3, -0.25) is 9.59 Å². The van der Waals surface area contributed by atoms with Crippen LogP contribution in [0.15, 0.2) is 30.3 Å². The molecular formula is C30H43BrO13. The van der Waals surface area contributed by atoms with Crippen molar-refractivity contribution in [3.8, 4) is 0 Å². The first kappa shape index (κ1) is 35.1. The van der Waals surface area contributed by atoms with Crippen molar-refractivity contribution in [2.24, 2.45) is 5.41 Å². The second-order valence-corrected chi connectivity index (χ2v) is 12.2. The molecule has 11 atom stereocenters. The van der Waals surface area contributed by atoms with E-state index in [2.05, 4.69) is 15.9 Å².